The Kier molecular flexibility index (Phi) is 4.31. The van der Waals surface area contributed by atoms with E-state index in [0.29, 0.717) is 17.8 Å². The highest BCUT2D eigenvalue weighted by Crippen LogP contribution is 2.18. The second-order valence-corrected chi connectivity index (χ2v) is 5.48. The molecule has 1 fully saturated rings. The predicted octanol–water partition coefficient (Wildman–Crippen LogP) is 1.57. The molecule has 2 aromatic rings. The van der Waals surface area contributed by atoms with Crippen LogP contribution in [-0.4, -0.2) is 51.3 Å². The molecule has 0 aliphatic carbocycles. The summed E-state index contributed by atoms with van der Waals surface area (Å²) in [4.78, 5) is 18.7. The number of rotatable bonds is 4. The Bertz CT molecular complexity index is 584. The zero-order valence-electron chi connectivity index (χ0n) is 11.8. The van der Waals surface area contributed by atoms with Crippen LogP contribution in [0.3, 0.4) is 0 Å². The minimum atomic E-state index is 0.176. The van der Waals surface area contributed by atoms with Gasteiger partial charge in [-0.05, 0) is 30.4 Å². The summed E-state index contributed by atoms with van der Waals surface area (Å²) in [6.07, 6.45) is 7.34. The lowest BCUT2D eigenvalue weighted by Crippen LogP contribution is -2.32. The molecule has 2 aromatic heterocycles. The maximum absolute atomic E-state index is 6.01. The molecule has 0 N–H and O–H groups in total. The van der Waals surface area contributed by atoms with E-state index in [1.807, 2.05) is 11.9 Å². The smallest absolute Gasteiger partial charge is 0.241 e. The fourth-order valence-corrected chi connectivity index (χ4v) is 2.56. The van der Waals surface area contributed by atoms with E-state index >= 15 is 0 Å². The maximum Gasteiger partial charge on any atom is 0.241 e. The van der Waals surface area contributed by atoms with Crippen molar-refractivity contribution in [2.75, 3.05) is 31.7 Å². The van der Waals surface area contributed by atoms with Gasteiger partial charge in [-0.1, -0.05) is 0 Å². The van der Waals surface area contributed by atoms with Gasteiger partial charge in [0.1, 0.15) is 6.33 Å². The van der Waals surface area contributed by atoms with Crippen LogP contribution >= 0.6 is 11.6 Å². The first kappa shape index (κ1) is 14.2. The van der Waals surface area contributed by atoms with Crippen LogP contribution in [0.2, 0.25) is 5.28 Å². The Morgan fingerprint density at radius 3 is 3.05 bits per heavy atom. The van der Waals surface area contributed by atoms with E-state index in [-0.39, 0.29) is 5.28 Å². The minimum absolute atomic E-state index is 0.176. The Labute approximate surface area is 128 Å². The first-order valence-electron chi connectivity index (χ1n) is 6.91. The molecule has 0 radical (unpaired) electrons. The Hall–Kier alpha value is -1.73. The zero-order chi connectivity index (χ0) is 14.7. The van der Waals surface area contributed by atoms with Gasteiger partial charge in [-0.25, -0.2) is 4.98 Å². The lowest BCUT2D eigenvalue weighted by atomic mass is 10.0. The number of nitrogens with zero attached hydrogens (tertiary/aromatic N) is 6. The lowest BCUT2D eigenvalue weighted by molar-refractivity contribution is 0.0575. The SMILES string of the molecule is CN(CC1CCCOC1)c1nc(Cl)nc(-n2ccnc2)n1. The van der Waals surface area contributed by atoms with Gasteiger partial charge in [0, 0.05) is 32.6 Å². The number of aromatic nitrogens is 5. The van der Waals surface area contributed by atoms with Crippen LogP contribution < -0.4 is 4.90 Å². The third kappa shape index (κ3) is 3.48. The van der Waals surface area contributed by atoms with Crippen LogP contribution in [0.15, 0.2) is 18.7 Å². The summed E-state index contributed by atoms with van der Waals surface area (Å²) in [7, 11) is 1.96. The van der Waals surface area contributed by atoms with E-state index in [2.05, 4.69) is 19.9 Å². The number of imidazole rings is 1. The molecule has 0 saturated carbocycles. The summed E-state index contributed by atoms with van der Waals surface area (Å²) in [5.41, 5.74) is 0. The Morgan fingerprint density at radius 2 is 2.33 bits per heavy atom. The van der Waals surface area contributed by atoms with Crippen molar-refractivity contribution in [1.29, 1.82) is 0 Å². The van der Waals surface area contributed by atoms with Gasteiger partial charge in [-0.15, -0.1) is 0 Å². The summed E-state index contributed by atoms with van der Waals surface area (Å²) in [5.74, 6) is 1.52. The summed E-state index contributed by atoms with van der Waals surface area (Å²) in [6.45, 7) is 2.49. The van der Waals surface area contributed by atoms with Crippen LogP contribution in [0.25, 0.3) is 5.95 Å². The topological polar surface area (TPSA) is 69.0 Å². The molecular formula is C13H17ClN6O. The van der Waals surface area contributed by atoms with Gasteiger partial charge in [-0.2, -0.15) is 15.0 Å². The number of hydrogen-bond donors (Lipinski definition) is 0. The van der Waals surface area contributed by atoms with Crippen LogP contribution in [0.4, 0.5) is 5.95 Å². The molecule has 1 saturated heterocycles. The Balaban J connectivity index is 1.77. The summed E-state index contributed by atoms with van der Waals surface area (Å²) < 4.78 is 7.21. The fraction of sp³-hybridized carbons (Fsp3) is 0.538. The lowest BCUT2D eigenvalue weighted by Gasteiger charge is -2.27. The van der Waals surface area contributed by atoms with Crippen LogP contribution in [0.5, 0.6) is 0 Å². The molecule has 0 bridgehead atoms. The fourth-order valence-electron chi connectivity index (χ4n) is 2.41. The maximum atomic E-state index is 6.01. The molecule has 0 amide bonds. The van der Waals surface area contributed by atoms with Crippen molar-refractivity contribution in [3.8, 4) is 5.95 Å². The molecule has 1 aliphatic heterocycles. The van der Waals surface area contributed by atoms with Crippen LogP contribution in [0.1, 0.15) is 12.8 Å². The van der Waals surface area contributed by atoms with Crippen molar-refractivity contribution in [2.45, 2.75) is 12.8 Å². The second-order valence-electron chi connectivity index (χ2n) is 5.14. The number of halogens is 1. The van der Waals surface area contributed by atoms with E-state index in [1.54, 1.807) is 23.3 Å². The molecule has 7 nitrogen and oxygen atoms in total. The monoisotopic (exact) mass is 308 g/mol. The van der Waals surface area contributed by atoms with E-state index in [1.165, 1.54) is 0 Å². The third-order valence-electron chi connectivity index (χ3n) is 3.45. The summed E-state index contributed by atoms with van der Waals surface area (Å²) in [5, 5.41) is 0.176. The van der Waals surface area contributed by atoms with Gasteiger partial charge >= 0.3 is 0 Å². The van der Waals surface area contributed by atoms with Gasteiger partial charge in [-0.3, -0.25) is 4.57 Å². The van der Waals surface area contributed by atoms with Gasteiger partial charge in [0.05, 0.1) is 6.61 Å². The van der Waals surface area contributed by atoms with Crippen molar-refractivity contribution in [2.24, 2.45) is 5.92 Å². The highest BCUT2D eigenvalue weighted by molar-refractivity contribution is 6.28. The van der Waals surface area contributed by atoms with Crippen molar-refractivity contribution >= 4 is 17.5 Å². The van der Waals surface area contributed by atoms with Gasteiger partial charge in [0.2, 0.25) is 17.2 Å². The first-order valence-corrected chi connectivity index (χ1v) is 7.29. The van der Waals surface area contributed by atoms with Crippen molar-refractivity contribution in [1.82, 2.24) is 24.5 Å². The molecule has 1 aliphatic rings. The predicted molar refractivity (Wildman–Crippen MR) is 78.8 cm³/mol. The Morgan fingerprint density at radius 1 is 1.43 bits per heavy atom. The summed E-state index contributed by atoms with van der Waals surface area (Å²) in [6, 6.07) is 0. The summed E-state index contributed by atoms with van der Waals surface area (Å²) >= 11 is 6.01. The molecule has 112 valence electrons. The number of ether oxygens (including phenoxy) is 1. The van der Waals surface area contributed by atoms with Crippen LogP contribution in [0, 0.1) is 5.92 Å². The van der Waals surface area contributed by atoms with Crippen molar-refractivity contribution < 1.29 is 4.74 Å². The van der Waals surface area contributed by atoms with E-state index < -0.39 is 0 Å². The number of hydrogen-bond acceptors (Lipinski definition) is 6. The highest BCUT2D eigenvalue weighted by atomic mass is 35.5. The van der Waals surface area contributed by atoms with E-state index in [9.17, 15) is 0 Å². The normalized spacial score (nSPS) is 18.7. The number of anilines is 1. The quantitative estimate of drug-likeness (QED) is 0.854. The molecule has 1 unspecified atom stereocenters. The third-order valence-corrected chi connectivity index (χ3v) is 3.62. The van der Waals surface area contributed by atoms with Gasteiger partial charge in [0.25, 0.3) is 0 Å². The molecule has 0 spiro atoms. The van der Waals surface area contributed by atoms with Gasteiger partial charge < -0.3 is 9.64 Å². The zero-order valence-corrected chi connectivity index (χ0v) is 12.6. The second kappa shape index (κ2) is 6.36. The molecule has 3 heterocycles. The molecular weight excluding hydrogens is 292 g/mol. The first-order chi connectivity index (χ1) is 10.2. The molecule has 1 atom stereocenters. The molecule has 3 rings (SSSR count). The highest BCUT2D eigenvalue weighted by Gasteiger charge is 2.18. The molecule has 21 heavy (non-hydrogen) atoms. The molecule has 0 aromatic carbocycles. The molecule has 8 heteroatoms. The van der Waals surface area contributed by atoms with E-state index in [4.69, 9.17) is 16.3 Å². The average Bonchev–Trinajstić information content (AvgIpc) is 3.02. The van der Waals surface area contributed by atoms with Gasteiger partial charge in [0.15, 0.2) is 0 Å². The largest absolute Gasteiger partial charge is 0.381 e. The standard InChI is InChI=1S/C13H17ClN6O/c1-19(7-10-3-2-6-21-8-10)12-16-11(14)17-13(18-12)20-5-4-15-9-20/h4-5,9-10H,2-3,6-8H2,1H3. The minimum Gasteiger partial charge on any atom is -0.381 e. The van der Waals surface area contributed by atoms with Crippen LogP contribution in [-0.2, 0) is 4.74 Å². The van der Waals surface area contributed by atoms with Crippen molar-refractivity contribution in [3.63, 3.8) is 0 Å². The average molecular weight is 309 g/mol. The van der Waals surface area contributed by atoms with Crippen molar-refractivity contribution in [3.05, 3.63) is 24.0 Å². The van der Waals surface area contributed by atoms with E-state index in [0.717, 1.165) is 32.6 Å².